The molecule has 0 atom stereocenters. The van der Waals surface area contributed by atoms with Gasteiger partial charge in [-0.3, -0.25) is 0 Å². The average Bonchev–Trinajstić information content (AvgIpc) is 2.75. The summed E-state index contributed by atoms with van der Waals surface area (Å²) in [5.74, 6) is -0.836. The molecule has 18 heavy (non-hydrogen) atoms. The molecule has 0 aliphatic heterocycles. The van der Waals surface area contributed by atoms with Crippen molar-refractivity contribution in [2.75, 3.05) is 0 Å². The summed E-state index contributed by atoms with van der Waals surface area (Å²) >= 11 is 5.85. The average molecular weight is 264 g/mol. The molecule has 1 N–H and O–H groups in total. The molecule has 0 fully saturated rings. The van der Waals surface area contributed by atoms with Crippen LogP contribution in [-0.2, 0) is 0 Å². The molecule has 0 radical (unpaired) electrons. The lowest BCUT2D eigenvalue weighted by atomic mass is 10.2. The van der Waals surface area contributed by atoms with Crippen molar-refractivity contribution < 1.29 is 13.9 Å². The highest BCUT2D eigenvalue weighted by Gasteiger charge is 2.10. The maximum absolute atomic E-state index is 13.2. The highest BCUT2D eigenvalue weighted by atomic mass is 35.5. The van der Waals surface area contributed by atoms with E-state index in [1.807, 2.05) is 0 Å². The van der Waals surface area contributed by atoms with Gasteiger partial charge < -0.3 is 9.52 Å². The van der Waals surface area contributed by atoms with Crippen molar-refractivity contribution in [3.05, 3.63) is 47.2 Å². The number of phenols is 1. The van der Waals surface area contributed by atoms with Crippen LogP contribution in [0.1, 0.15) is 0 Å². The zero-order valence-corrected chi connectivity index (χ0v) is 9.78. The summed E-state index contributed by atoms with van der Waals surface area (Å²) in [6.45, 7) is 0. The molecule has 0 bridgehead atoms. The van der Waals surface area contributed by atoms with Gasteiger partial charge in [-0.1, -0.05) is 11.6 Å². The van der Waals surface area contributed by atoms with Crippen LogP contribution < -0.4 is 0 Å². The molecule has 2 aromatic carbocycles. The van der Waals surface area contributed by atoms with Gasteiger partial charge in [0.05, 0.1) is 0 Å². The Morgan fingerprint density at radius 1 is 1.17 bits per heavy atom. The standard InChI is InChI=1S/C13H7ClFNO2/c14-8-2-4-12-10(6-8)16-13(18-12)7-1-3-11(17)9(15)5-7/h1-6,17H. The van der Waals surface area contributed by atoms with E-state index in [9.17, 15) is 4.39 Å². The van der Waals surface area contributed by atoms with Crippen molar-refractivity contribution in [1.82, 2.24) is 4.98 Å². The van der Waals surface area contributed by atoms with Crippen LogP contribution >= 0.6 is 11.6 Å². The number of nitrogens with zero attached hydrogens (tertiary/aromatic N) is 1. The Hall–Kier alpha value is -2.07. The summed E-state index contributed by atoms with van der Waals surface area (Å²) in [5, 5.41) is 9.68. The highest BCUT2D eigenvalue weighted by molar-refractivity contribution is 6.31. The van der Waals surface area contributed by atoms with Crippen LogP contribution in [0.2, 0.25) is 5.02 Å². The third kappa shape index (κ3) is 1.80. The summed E-state index contributed by atoms with van der Waals surface area (Å²) in [7, 11) is 0. The van der Waals surface area contributed by atoms with Crippen molar-refractivity contribution in [2.24, 2.45) is 0 Å². The second-order valence-corrected chi connectivity index (χ2v) is 4.23. The van der Waals surface area contributed by atoms with Crippen LogP contribution in [0.25, 0.3) is 22.6 Å². The Morgan fingerprint density at radius 3 is 2.78 bits per heavy atom. The monoisotopic (exact) mass is 263 g/mol. The van der Waals surface area contributed by atoms with E-state index in [4.69, 9.17) is 21.1 Å². The first-order chi connectivity index (χ1) is 8.63. The summed E-state index contributed by atoms with van der Waals surface area (Å²) in [6, 6.07) is 9.01. The van der Waals surface area contributed by atoms with Crippen LogP contribution in [0, 0.1) is 5.82 Å². The second kappa shape index (κ2) is 3.99. The summed E-state index contributed by atoms with van der Waals surface area (Å²) in [4.78, 5) is 4.22. The number of oxazole rings is 1. The fourth-order valence-corrected chi connectivity index (χ4v) is 1.83. The first-order valence-electron chi connectivity index (χ1n) is 5.18. The van der Waals surface area contributed by atoms with Gasteiger partial charge in [0.1, 0.15) is 5.52 Å². The van der Waals surface area contributed by atoms with Gasteiger partial charge in [-0.2, -0.15) is 0 Å². The molecular formula is C13H7ClFNO2. The zero-order valence-electron chi connectivity index (χ0n) is 9.02. The molecule has 0 aliphatic rings. The number of benzene rings is 2. The number of aromatic nitrogens is 1. The predicted octanol–water partition coefficient (Wildman–Crippen LogP) is 3.99. The Morgan fingerprint density at radius 2 is 2.00 bits per heavy atom. The molecule has 3 aromatic rings. The van der Waals surface area contributed by atoms with Gasteiger partial charge in [-0.15, -0.1) is 0 Å². The molecule has 0 amide bonds. The highest BCUT2D eigenvalue weighted by Crippen LogP contribution is 2.28. The van der Waals surface area contributed by atoms with E-state index in [0.29, 0.717) is 21.7 Å². The SMILES string of the molecule is Oc1ccc(-c2nc3cc(Cl)ccc3o2)cc1F. The lowest BCUT2D eigenvalue weighted by molar-refractivity contribution is 0.432. The first kappa shape index (κ1) is 11.0. The fraction of sp³-hybridized carbons (Fsp3) is 0. The van der Waals surface area contributed by atoms with E-state index >= 15 is 0 Å². The van der Waals surface area contributed by atoms with E-state index < -0.39 is 11.6 Å². The first-order valence-corrected chi connectivity index (χ1v) is 5.56. The Labute approximate surface area is 106 Å². The van der Waals surface area contributed by atoms with Crippen molar-refractivity contribution in [2.45, 2.75) is 0 Å². The van der Waals surface area contributed by atoms with Crippen molar-refractivity contribution in [1.29, 1.82) is 0 Å². The summed E-state index contributed by atoms with van der Waals surface area (Å²) in [5.41, 5.74) is 1.63. The van der Waals surface area contributed by atoms with Crippen LogP contribution in [0.5, 0.6) is 5.75 Å². The minimum atomic E-state index is -0.715. The molecule has 0 aliphatic carbocycles. The molecule has 1 aromatic heterocycles. The van der Waals surface area contributed by atoms with Crippen LogP contribution in [-0.4, -0.2) is 10.1 Å². The van der Waals surface area contributed by atoms with Crippen molar-refractivity contribution in [3.63, 3.8) is 0 Å². The van der Waals surface area contributed by atoms with Gasteiger partial charge in [0, 0.05) is 10.6 Å². The molecule has 1 heterocycles. The zero-order chi connectivity index (χ0) is 12.7. The third-order valence-corrected chi connectivity index (χ3v) is 2.78. The molecule has 90 valence electrons. The van der Waals surface area contributed by atoms with Gasteiger partial charge in [0.2, 0.25) is 5.89 Å². The maximum atomic E-state index is 13.2. The topological polar surface area (TPSA) is 46.3 Å². The smallest absolute Gasteiger partial charge is 0.227 e. The lowest BCUT2D eigenvalue weighted by Crippen LogP contribution is -1.80. The van der Waals surface area contributed by atoms with E-state index in [1.54, 1.807) is 18.2 Å². The van der Waals surface area contributed by atoms with Crippen LogP contribution in [0.15, 0.2) is 40.8 Å². The van der Waals surface area contributed by atoms with E-state index in [-0.39, 0.29) is 5.89 Å². The molecule has 3 rings (SSSR count). The van der Waals surface area contributed by atoms with Crippen molar-refractivity contribution in [3.8, 4) is 17.2 Å². The van der Waals surface area contributed by atoms with Gasteiger partial charge in [-0.25, -0.2) is 9.37 Å². The van der Waals surface area contributed by atoms with Gasteiger partial charge >= 0.3 is 0 Å². The Kier molecular flexibility index (Phi) is 2.45. The third-order valence-electron chi connectivity index (χ3n) is 2.54. The second-order valence-electron chi connectivity index (χ2n) is 3.80. The van der Waals surface area contributed by atoms with Gasteiger partial charge in [-0.05, 0) is 36.4 Å². The molecule has 0 spiro atoms. The Balaban J connectivity index is 2.16. The molecule has 0 unspecified atom stereocenters. The lowest BCUT2D eigenvalue weighted by Gasteiger charge is -1.97. The number of hydrogen-bond donors (Lipinski definition) is 1. The van der Waals surface area contributed by atoms with E-state index in [2.05, 4.69) is 4.98 Å². The number of halogens is 2. The van der Waals surface area contributed by atoms with E-state index in [0.717, 1.165) is 0 Å². The van der Waals surface area contributed by atoms with Gasteiger partial charge in [0.25, 0.3) is 0 Å². The molecule has 0 saturated heterocycles. The van der Waals surface area contributed by atoms with Crippen molar-refractivity contribution >= 4 is 22.7 Å². The van der Waals surface area contributed by atoms with Crippen LogP contribution in [0.3, 0.4) is 0 Å². The molecular weight excluding hydrogens is 257 g/mol. The summed E-state index contributed by atoms with van der Waals surface area (Å²) < 4.78 is 18.7. The van der Waals surface area contributed by atoms with E-state index in [1.165, 1.54) is 18.2 Å². The molecule has 3 nitrogen and oxygen atoms in total. The number of rotatable bonds is 1. The molecule has 5 heteroatoms. The largest absolute Gasteiger partial charge is 0.505 e. The predicted molar refractivity (Wildman–Crippen MR) is 66.1 cm³/mol. The number of fused-ring (bicyclic) bond motifs is 1. The maximum Gasteiger partial charge on any atom is 0.227 e. The number of aromatic hydroxyl groups is 1. The van der Waals surface area contributed by atoms with Crippen LogP contribution in [0.4, 0.5) is 4.39 Å². The minimum Gasteiger partial charge on any atom is -0.505 e. The number of hydrogen-bond acceptors (Lipinski definition) is 3. The summed E-state index contributed by atoms with van der Waals surface area (Å²) in [6.07, 6.45) is 0. The minimum absolute atomic E-state index is 0.283. The quantitative estimate of drug-likeness (QED) is 0.722. The van der Waals surface area contributed by atoms with Gasteiger partial charge in [0.15, 0.2) is 17.1 Å². The Bertz CT molecular complexity index is 739. The normalized spacial score (nSPS) is 11.0. The molecule has 0 saturated carbocycles. The fourth-order valence-electron chi connectivity index (χ4n) is 1.66. The number of phenolic OH excluding ortho intramolecular Hbond substituents is 1.